The molecule has 1 amide bonds. The Morgan fingerprint density at radius 1 is 1.27 bits per heavy atom. The van der Waals surface area contributed by atoms with Crippen LogP contribution >= 0.6 is 0 Å². The second-order valence-electron chi connectivity index (χ2n) is 8.41. The topological polar surface area (TPSA) is 91.3 Å². The van der Waals surface area contributed by atoms with E-state index < -0.39 is 0 Å². The number of amides is 1. The molecule has 2 rings (SSSR count). The molecule has 0 aromatic carbocycles. The Hall–Kier alpha value is -2.39. The van der Waals surface area contributed by atoms with Crippen LogP contribution in [0.3, 0.4) is 0 Å². The van der Waals surface area contributed by atoms with Crippen molar-refractivity contribution in [3.63, 3.8) is 0 Å². The van der Waals surface area contributed by atoms with Crippen molar-refractivity contribution >= 4 is 11.9 Å². The van der Waals surface area contributed by atoms with Crippen LogP contribution in [0.15, 0.2) is 23.3 Å². The summed E-state index contributed by atoms with van der Waals surface area (Å²) in [6.45, 7) is 11.7. The number of carbonyl (C=O) groups excluding carboxylic acids is 1. The van der Waals surface area contributed by atoms with Gasteiger partial charge in [-0.2, -0.15) is 0 Å². The van der Waals surface area contributed by atoms with E-state index in [4.69, 9.17) is 9.47 Å². The Morgan fingerprint density at radius 3 is 2.60 bits per heavy atom. The van der Waals surface area contributed by atoms with Crippen molar-refractivity contribution in [1.82, 2.24) is 25.4 Å². The zero-order chi connectivity index (χ0) is 22.0. The maximum atomic E-state index is 11.9. The van der Waals surface area contributed by atoms with Gasteiger partial charge in [-0.3, -0.25) is 9.69 Å². The summed E-state index contributed by atoms with van der Waals surface area (Å²) in [4.78, 5) is 24.8. The normalized spacial score (nSPS) is 15.6. The first-order valence-electron chi connectivity index (χ1n) is 10.4. The van der Waals surface area contributed by atoms with Crippen LogP contribution in [0.25, 0.3) is 0 Å². The van der Waals surface area contributed by atoms with Gasteiger partial charge in [-0.25, -0.2) is 9.98 Å². The standard InChI is InChI=1S/C21H36N6O3/c1-21(2,3)30-18-7-6-17(14-23-18)15-24-20(25-16-19(28)26(4)5)22-8-9-27-10-12-29-13-11-27/h6-7,14H,8-13,15-16H2,1-5H3,(H2,22,24,25). The smallest absolute Gasteiger partial charge is 0.241 e. The third-order valence-corrected chi connectivity index (χ3v) is 4.36. The lowest BCUT2D eigenvalue weighted by Gasteiger charge is -2.26. The van der Waals surface area contributed by atoms with Crippen LogP contribution in [0.5, 0.6) is 5.88 Å². The largest absolute Gasteiger partial charge is 0.472 e. The van der Waals surface area contributed by atoms with E-state index in [9.17, 15) is 4.79 Å². The number of ether oxygens (including phenoxy) is 2. The fraction of sp³-hybridized carbons (Fsp3) is 0.667. The van der Waals surface area contributed by atoms with E-state index in [1.165, 1.54) is 0 Å². The van der Waals surface area contributed by atoms with Crippen molar-refractivity contribution in [1.29, 1.82) is 0 Å². The highest BCUT2D eigenvalue weighted by Crippen LogP contribution is 2.15. The lowest BCUT2D eigenvalue weighted by molar-refractivity contribution is -0.127. The molecular formula is C21H36N6O3. The molecule has 0 spiro atoms. The third kappa shape index (κ3) is 9.41. The van der Waals surface area contributed by atoms with Crippen LogP contribution < -0.4 is 15.4 Å². The zero-order valence-electron chi connectivity index (χ0n) is 18.9. The lowest BCUT2D eigenvalue weighted by Crippen LogP contribution is -2.46. The molecule has 2 heterocycles. The van der Waals surface area contributed by atoms with E-state index in [1.807, 2.05) is 32.9 Å². The molecule has 0 atom stereocenters. The number of guanidine groups is 1. The van der Waals surface area contributed by atoms with Gasteiger partial charge in [0.05, 0.1) is 26.3 Å². The number of hydrogen-bond acceptors (Lipinski definition) is 6. The molecular weight excluding hydrogens is 384 g/mol. The summed E-state index contributed by atoms with van der Waals surface area (Å²) in [5.74, 6) is 1.19. The first-order chi connectivity index (χ1) is 14.2. The first kappa shape index (κ1) is 23.9. The fourth-order valence-corrected chi connectivity index (χ4v) is 2.70. The number of carbonyl (C=O) groups is 1. The van der Waals surface area contributed by atoms with Crippen molar-refractivity contribution in [3.05, 3.63) is 23.9 Å². The van der Waals surface area contributed by atoms with Gasteiger partial charge in [0, 0.05) is 52.5 Å². The van der Waals surface area contributed by atoms with Gasteiger partial charge in [0.25, 0.3) is 0 Å². The van der Waals surface area contributed by atoms with Gasteiger partial charge in [0.15, 0.2) is 5.96 Å². The van der Waals surface area contributed by atoms with Crippen molar-refractivity contribution in [2.45, 2.75) is 32.9 Å². The molecule has 1 aliphatic rings. The van der Waals surface area contributed by atoms with Crippen LogP contribution in [-0.2, 0) is 16.1 Å². The minimum atomic E-state index is -0.285. The minimum Gasteiger partial charge on any atom is -0.472 e. The lowest BCUT2D eigenvalue weighted by atomic mass is 10.2. The molecule has 0 aliphatic carbocycles. The van der Waals surface area contributed by atoms with Gasteiger partial charge < -0.3 is 25.0 Å². The minimum absolute atomic E-state index is 0.0111. The highest BCUT2D eigenvalue weighted by Gasteiger charge is 2.13. The second kappa shape index (κ2) is 11.7. The molecule has 2 N–H and O–H groups in total. The van der Waals surface area contributed by atoms with Crippen molar-refractivity contribution in [2.24, 2.45) is 4.99 Å². The maximum Gasteiger partial charge on any atom is 0.241 e. The molecule has 0 bridgehead atoms. The molecule has 1 saturated heterocycles. The fourth-order valence-electron chi connectivity index (χ4n) is 2.70. The second-order valence-corrected chi connectivity index (χ2v) is 8.41. The van der Waals surface area contributed by atoms with Crippen LogP contribution in [-0.4, -0.2) is 92.3 Å². The maximum absolute atomic E-state index is 11.9. The summed E-state index contributed by atoms with van der Waals surface area (Å²) >= 11 is 0. The van der Waals surface area contributed by atoms with Crippen molar-refractivity contribution < 1.29 is 14.3 Å². The van der Waals surface area contributed by atoms with Gasteiger partial charge in [0.2, 0.25) is 11.8 Å². The van der Waals surface area contributed by atoms with E-state index in [0.29, 0.717) is 18.4 Å². The SMILES string of the molecule is CN(C)C(=O)CNC(=NCc1ccc(OC(C)(C)C)nc1)NCCN1CCOCC1. The van der Waals surface area contributed by atoms with Gasteiger partial charge in [-0.15, -0.1) is 0 Å². The Balaban J connectivity index is 1.91. The van der Waals surface area contributed by atoms with Crippen LogP contribution in [0, 0.1) is 0 Å². The van der Waals surface area contributed by atoms with Gasteiger partial charge >= 0.3 is 0 Å². The predicted molar refractivity (Wildman–Crippen MR) is 118 cm³/mol. The summed E-state index contributed by atoms with van der Waals surface area (Å²) in [6, 6.07) is 3.80. The summed E-state index contributed by atoms with van der Waals surface area (Å²) in [6.07, 6.45) is 1.76. The molecule has 0 radical (unpaired) electrons. The molecule has 0 unspecified atom stereocenters. The quantitative estimate of drug-likeness (QED) is 0.473. The number of morpholine rings is 1. The first-order valence-corrected chi connectivity index (χ1v) is 10.4. The van der Waals surface area contributed by atoms with Crippen LogP contribution in [0.2, 0.25) is 0 Å². The van der Waals surface area contributed by atoms with Gasteiger partial charge in [0.1, 0.15) is 5.60 Å². The number of likely N-dealkylation sites (N-methyl/N-ethyl adjacent to an activating group) is 1. The highest BCUT2D eigenvalue weighted by molar-refractivity contribution is 5.86. The number of nitrogens with one attached hydrogen (secondary N) is 2. The molecule has 9 heteroatoms. The van der Waals surface area contributed by atoms with E-state index in [-0.39, 0.29) is 18.1 Å². The van der Waals surface area contributed by atoms with Crippen molar-refractivity contribution in [3.8, 4) is 5.88 Å². The molecule has 1 fully saturated rings. The Labute approximate surface area is 179 Å². The van der Waals surface area contributed by atoms with E-state index in [0.717, 1.165) is 45.0 Å². The summed E-state index contributed by atoms with van der Waals surface area (Å²) in [5, 5.41) is 6.43. The monoisotopic (exact) mass is 420 g/mol. The Bertz CT molecular complexity index is 679. The number of aliphatic imine (C=N–C) groups is 1. The highest BCUT2D eigenvalue weighted by atomic mass is 16.5. The average molecular weight is 421 g/mol. The number of aromatic nitrogens is 1. The Morgan fingerprint density at radius 2 is 2.00 bits per heavy atom. The summed E-state index contributed by atoms with van der Waals surface area (Å²) < 4.78 is 11.1. The van der Waals surface area contributed by atoms with Crippen LogP contribution in [0.4, 0.5) is 0 Å². The molecule has 1 aromatic heterocycles. The third-order valence-electron chi connectivity index (χ3n) is 4.36. The van der Waals surface area contributed by atoms with E-state index in [2.05, 4.69) is 25.5 Å². The van der Waals surface area contributed by atoms with Gasteiger partial charge in [-0.1, -0.05) is 6.07 Å². The molecule has 1 aromatic rings. The number of pyridine rings is 1. The van der Waals surface area contributed by atoms with Crippen molar-refractivity contribution in [2.75, 3.05) is 60.0 Å². The number of hydrogen-bond donors (Lipinski definition) is 2. The Kier molecular flexibility index (Phi) is 9.32. The summed E-state index contributed by atoms with van der Waals surface area (Å²) in [7, 11) is 3.47. The molecule has 1 aliphatic heterocycles. The van der Waals surface area contributed by atoms with E-state index in [1.54, 1.807) is 25.2 Å². The zero-order valence-corrected chi connectivity index (χ0v) is 18.9. The number of nitrogens with zero attached hydrogens (tertiary/aromatic N) is 4. The molecule has 9 nitrogen and oxygen atoms in total. The summed E-state index contributed by atoms with van der Waals surface area (Å²) in [5.41, 5.74) is 0.678. The van der Waals surface area contributed by atoms with Gasteiger partial charge in [-0.05, 0) is 26.3 Å². The molecule has 30 heavy (non-hydrogen) atoms. The molecule has 168 valence electrons. The van der Waals surface area contributed by atoms with E-state index >= 15 is 0 Å². The van der Waals surface area contributed by atoms with Crippen LogP contribution in [0.1, 0.15) is 26.3 Å². The molecule has 0 saturated carbocycles. The predicted octanol–water partition coefficient (Wildman–Crippen LogP) is 0.715. The number of rotatable bonds is 8. The average Bonchev–Trinajstić information content (AvgIpc) is 2.70.